The van der Waals surface area contributed by atoms with Crippen molar-refractivity contribution in [2.45, 2.75) is 45.6 Å². The molecule has 2 aliphatic rings. The number of hydrogen-bond donors (Lipinski definition) is 2. The van der Waals surface area contributed by atoms with Gasteiger partial charge in [0.25, 0.3) is 0 Å². The fourth-order valence-corrected chi connectivity index (χ4v) is 4.47. The molecular weight excluding hydrogens is 503 g/mol. The Morgan fingerprint density at radius 2 is 2.13 bits per heavy atom. The molecule has 0 bridgehead atoms. The molecule has 0 amide bonds. The lowest BCUT2D eigenvalue weighted by molar-refractivity contribution is 0.150. The van der Waals surface area contributed by atoms with Crippen molar-refractivity contribution < 1.29 is 4.74 Å². The molecule has 0 aromatic carbocycles. The summed E-state index contributed by atoms with van der Waals surface area (Å²) >= 11 is 0. The largest absolute Gasteiger partial charge is 0.381 e. The quantitative estimate of drug-likeness (QED) is 0.321. The molecule has 0 aliphatic carbocycles. The van der Waals surface area contributed by atoms with Crippen LogP contribution in [-0.4, -0.2) is 72.2 Å². The number of imidazole rings is 1. The zero-order chi connectivity index (χ0) is 20.8. The second-order valence-electron chi connectivity index (χ2n) is 8.61. The van der Waals surface area contributed by atoms with Crippen LogP contribution in [0, 0.1) is 12.8 Å². The first kappa shape index (κ1) is 24.3. The van der Waals surface area contributed by atoms with Crippen LogP contribution in [-0.2, 0) is 11.2 Å². The van der Waals surface area contributed by atoms with Crippen LogP contribution in [0.15, 0.2) is 29.5 Å². The lowest BCUT2D eigenvalue weighted by Gasteiger charge is -2.34. The number of halogens is 1. The van der Waals surface area contributed by atoms with E-state index in [0.29, 0.717) is 6.04 Å². The van der Waals surface area contributed by atoms with Crippen molar-refractivity contribution in [3.63, 3.8) is 0 Å². The number of pyridine rings is 1. The summed E-state index contributed by atoms with van der Waals surface area (Å²) in [7, 11) is 0. The van der Waals surface area contributed by atoms with Crippen LogP contribution in [0.5, 0.6) is 0 Å². The number of piperidine rings is 1. The number of nitrogens with zero attached hydrogens (tertiary/aromatic N) is 4. The van der Waals surface area contributed by atoms with Gasteiger partial charge in [-0.15, -0.1) is 24.0 Å². The Hall–Kier alpha value is -1.39. The van der Waals surface area contributed by atoms with Gasteiger partial charge in [0.1, 0.15) is 5.65 Å². The monoisotopic (exact) mass is 540 g/mol. The van der Waals surface area contributed by atoms with E-state index < -0.39 is 0 Å². The number of aliphatic imine (C=N–C) groups is 1. The van der Waals surface area contributed by atoms with E-state index in [1.807, 2.05) is 0 Å². The van der Waals surface area contributed by atoms with E-state index in [9.17, 15) is 0 Å². The van der Waals surface area contributed by atoms with E-state index in [0.717, 1.165) is 69.0 Å². The molecule has 1 unspecified atom stereocenters. The topological polar surface area (TPSA) is 66.2 Å². The van der Waals surface area contributed by atoms with Crippen molar-refractivity contribution in [3.05, 3.63) is 35.8 Å². The van der Waals surface area contributed by atoms with Gasteiger partial charge >= 0.3 is 0 Å². The van der Waals surface area contributed by atoms with E-state index in [1.165, 1.54) is 31.4 Å². The first-order valence-electron chi connectivity index (χ1n) is 11.5. The van der Waals surface area contributed by atoms with Crippen LogP contribution in [0.1, 0.15) is 37.4 Å². The van der Waals surface area contributed by atoms with Crippen LogP contribution >= 0.6 is 24.0 Å². The van der Waals surface area contributed by atoms with Gasteiger partial charge in [0, 0.05) is 64.2 Å². The third kappa shape index (κ3) is 6.79. The number of fused-ring (bicyclic) bond motifs is 1. The van der Waals surface area contributed by atoms with Crippen molar-refractivity contribution >= 4 is 35.6 Å². The summed E-state index contributed by atoms with van der Waals surface area (Å²) in [6.45, 7) is 11.2. The summed E-state index contributed by atoms with van der Waals surface area (Å²) < 4.78 is 7.62. The summed E-state index contributed by atoms with van der Waals surface area (Å²) in [6, 6.07) is 4.66. The summed E-state index contributed by atoms with van der Waals surface area (Å²) in [5.41, 5.74) is 3.33. The van der Waals surface area contributed by atoms with E-state index in [1.54, 1.807) is 0 Å². The zero-order valence-electron chi connectivity index (χ0n) is 18.8. The summed E-state index contributed by atoms with van der Waals surface area (Å²) in [5.74, 6) is 1.66. The van der Waals surface area contributed by atoms with Crippen LogP contribution in [0.2, 0.25) is 0 Å². The maximum Gasteiger partial charge on any atom is 0.191 e. The molecule has 1 atom stereocenters. The first-order valence-corrected chi connectivity index (χ1v) is 11.5. The van der Waals surface area contributed by atoms with E-state index in [4.69, 9.17) is 14.7 Å². The lowest BCUT2D eigenvalue weighted by atomic mass is 10.0. The maximum atomic E-state index is 5.52. The average molecular weight is 540 g/mol. The molecule has 7 nitrogen and oxygen atoms in total. The highest BCUT2D eigenvalue weighted by atomic mass is 127. The SMILES string of the molecule is CCNC(=NCCc1cn2cccc(C)c2n1)NC1CCN(CC2CCOC2)CC1.I. The predicted molar refractivity (Wildman–Crippen MR) is 137 cm³/mol. The molecular formula is C23H37IN6O. The zero-order valence-corrected chi connectivity index (χ0v) is 21.2. The normalized spacial score (nSPS) is 20.7. The van der Waals surface area contributed by atoms with Crippen molar-refractivity contribution in [2.24, 2.45) is 10.9 Å². The third-order valence-corrected chi connectivity index (χ3v) is 6.18. The highest BCUT2D eigenvalue weighted by molar-refractivity contribution is 14.0. The number of likely N-dealkylation sites (tertiary alicyclic amines) is 1. The fourth-order valence-electron chi connectivity index (χ4n) is 4.47. The van der Waals surface area contributed by atoms with Gasteiger partial charge < -0.3 is 24.7 Å². The van der Waals surface area contributed by atoms with Gasteiger partial charge in [-0.3, -0.25) is 4.99 Å². The Bertz CT molecular complexity index is 840. The van der Waals surface area contributed by atoms with Crippen molar-refractivity contribution in [3.8, 4) is 0 Å². The van der Waals surface area contributed by atoms with Crippen molar-refractivity contribution in [1.82, 2.24) is 24.9 Å². The number of guanidine groups is 1. The lowest BCUT2D eigenvalue weighted by Crippen LogP contribution is -2.49. The third-order valence-electron chi connectivity index (χ3n) is 6.18. The molecule has 4 rings (SSSR count). The molecule has 172 valence electrons. The summed E-state index contributed by atoms with van der Waals surface area (Å²) in [4.78, 5) is 12.2. The average Bonchev–Trinajstić information content (AvgIpc) is 3.40. The second-order valence-corrected chi connectivity index (χ2v) is 8.61. The summed E-state index contributed by atoms with van der Waals surface area (Å²) in [6.07, 6.45) is 8.58. The number of aryl methyl sites for hydroxylation is 1. The van der Waals surface area contributed by atoms with E-state index in [-0.39, 0.29) is 24.0 Å². The molecule has 0 radical (unpaired) electrons. The first-order chi connectivity index (χ1) is 14.7. The van der Waals surface area contributed by atoms with Gasteiger partial charge in [0.15, 0.2) is 5.96 Å². The Morgan fingerprint density at radius 3 is 2.84 bits per heavy atom. The molecule has 2 saturated heterocycles. The second kappa shape index (κ2) is 12.0. The molecule has 0 saturated carbocycles. The maximum absolute atomic E-state index is 5.52. The van der Waals surface area contributed by atoms with Gasteiger partial charge in [0.2, 0.25) is 0 Å². The van der Waals surface area contributed by atoms with Crippen molar-refractivity contribution in [2.75, 3.05) is 45.9 Å². The molecule has 4 heterocycles. The van der Waals surface area contributed by atoms with E-state index in [2.05, 4.69) is 58.3 Å². The van der Waals surface area contributed by atoms with Gasteiger partial charge in [-0.05, 0) is 50.7 Å². The van der Waals surface area contributed by atoms with Crippen LogP contribution in [0.25, 0.3) is 5.65 Å². The molecule has 2 fully saturated rings. The predicted octanol–water partition coefficient (Wildman–Crippen LogP) is 2.86. The highest BCUT2D eigenvalue weighted by Gasteiger charge is 2.24. The van der Waals surface area contributed by atoms with Gasteiger partial charge in [-0.25, -0.2) is 4.98 Å². The number of ether oxygens (including phenoxy) is 1. The Labute approximate surface area is 203 Å². The Balaban J connectivity index is 0.00000272. The van der Waals surface area contributed by atoms with Gasteiger partial charge in [-0.2, -0.15) is 0 Å². The molecule has 31 heavy (non-hydrogen) atoms. The minimum atomic E-state index is 0. The Kier molecular flexibility index (Phi) is 9.40. The minimum Gasteiger partial charge on any atom is -0.381 e. The van der Waals surface area contributed by atoms with Crippen LogP contribution in [0.4, 0.5) is 0 Å². The van der Waals surface area contributed by atoms with Crippen molar-refractivity contribution in [1.29, 1.82) is 0 Å². The standard InChI is InChI=1S/C23H36N6O.HI/c1-3-24-23(25-10-6-21-16-29-11-4-5-18(2)22(29)26-21)27-20-7-12-28(13-8-20)15-19-9-14-30-17-19;/h4-5,11,16,19-20H,3,6-10,12-15,17H2,1-2H3,(H2,24,25,27);1H. The fraction of sp³-hybridized carbons (Fsp3) is 0.652. The number of rotatable bonds is 7. The van der Waals surface area contributed by atoms with Gasteiger partial charge in [0.05, 0.1) is 12.3 Å². The minimum absolute atomic E-state index is 0. The van der Waals surface area contributed by atoms with Crippen LogP contribution in [0.3, 0.4) is 0 Å². The highest BCUT2D eigenvalue weighted by Crippen LogP contribution is 2.17. The molecule has 2 N–H and O–H groups in total. The molecule has 2 aromatic rings. The molecule has 0 spiro atoms. The molecule has 2 aromatic heterocycles. The van der Waals surface area contributed by atoms with E-state index >= 15 is 0 Å². The number of nitrogens with one attached hydrogen (secondary N) is 2. The number of aromatic nitrogens is 2. The van der Waals surface area contributed by atoms with Gasteiger partial charge in [-0.1, -0.05) is 6.07 Å². The molecule has 8 heteroatoms. The Morgan fingerprint density at radius 1 is 1.29 bits per heavy atom. The number of hydrogen-bond acceptors (Lipinski definition) is 4. The molecule has 2 aliphatic heterocycles. The summed E-state index contributed by atoms with van der Waals surface area (Å²) in [5, 5.41) is 7.06. The van der Waals surface area contributed by atoms with Crippen LogP contribution < -0.4 is 10.6 Å². The smallest absolute Gasteiger partial charge is 0.191 e.